The second kappa shape index (κ2) is 7.88. The number of rotatable bonds is 5. The van der Waals surface area contributed by atoms with E-state index in [1.807, 2.05) is 0 Å². The average Bonchev–Trinajstić information content (AvgIpc) is 2.55. The highest BCUT2D eigenvalue weighted by Gasteiger charge is 2.13. The molecule has 0 aliphatic heterocycles. The van der Waals surface area contributed by atoms with Crippen molar-refractivity contribution in [2.24, 2.45) is 5.14 Å². The molecule has 0 aromatic heterocycles. The van der Waals surface area contributed by atoms with Crippen molar-refractivity contribution in [3.05, 3.63) is 58.1 Å². The Hall–Kier alpha value is -2.06. The molecule has 0 aliphatic rings. The first-order chi connectivity index (χ1) is 11.7. The number of carbonyl (C=O) groups excluding carboxylic acids is 1. The second-order valence-electron chi connectivity index (χ2n) is 4.87. The maximum Gasteiger partial charge on any atom is 0.248 e. The van der Waals surface area contributed by atoms with Gasteiger partial charge in [0.2, 0.25) is 15.9 Å². The molecular weight excluding hydrogens is 387 g/mol. The number of hydrogen-bond donors (Lipinski definition) is 2. The third-order valence-electron chi connectivity index (χ3n) is 3.15. The van der Waals surface area contributed by atoms with Gasteiger partial charge in [-0.3, -0.25) is 4.79 Å². The number of hydrogen-bond acceptors (Lipinski definition) is 4. The van der Waals surface area contributed by atoms with Crippen molar-refractivity contribution >= 4 is 50.9 Å². The second-order valence-corrected chi connectivity index (χ2v) is 7.22. The highest BCUT2D eigenvalue weighted by molar-refractivity contribution is 7.89. The number of anilines is 1. The molecular formula is C16H14Cl2N2O4S. The van der Waals surface area contributed by atoms with Crippen LogP contribution in [0.4, 0.5) is 5.69 Å². The molecule has 0 atom stereocenters. The van der Waals surface area contributed by atoms with Crippen molar-refractivity contribution in [3.63, 3.8) is 0 Å². The summed E-state index contributed by atoms with van der Waals surface area (Å²) in [5, 5.41) is 8.31. The lowest BCUT2D eigenvalue weighted by molar-refractivity contribution is -0.111. The molecule has 25 heavy (non-hydrogen) atoms. The minimum Gasteiger partial charge on any atom is -0.495 e. The van der Waals surface area contributed by atoms with Gasteiger partial charge in [0.1, 0.15) is 5.75 Å². The number of methoxy groups -OCH3 is 1. The van der Waals surface area contributed by atoms with E-state index in [0.717, 1.165) is 0 Å². The maximum atomic E-state index is 12.1. The molecule has 132 valence electrons. The quantitative estimate of drug-likeness (QED) is 0.751. The molecule has 2 rings (SSSR count). The fourth-order valence-electron chi connectivity index (χ4n) is 1.95. The number of primary sulfonamides is 1. The fourth-order valence-corrected chi connectivity index (χ4v) is 2.86. The van der Waals surface area contributed by atoms with Crippen LogP contribution in [-0.2, 0) is 14.8 Å². The molecule has 0 bridgehead atoms. The third-order valence-corrected chi connectivity index (χ3v) is 4.90. The first-order valence-electron chi connectivity index (χ1n) is 6.86. The largest absolute Gasteiger partial charge is 0.495 e. The number of nitrogens with one attached hydrogen (secondary N) is 1. The highest BCUT2D eigenvalue weighted by atomic mass is 35.5. The highest BCUT2D eigenvalue weighted by Crippen LogP contribution is 2.28. The molecule has 2 aromatic carbocycles. The van der Waals surface area contributed by atoms with Crippen LogP contribution in [0.3, 0.4) is 0 Å². The zero-order valence-corrected chi connectivity index (χ0v) is 15.3. The summed E-state index contributed by atoms with van der Waals surface area (Å²) < 4.78 is 28.0. The van der Waals surface area contributed by atoms with Crippen molar-refractivity contribution in [1.82, 2.24) is 0 Å². The van der Waals surface area contributed by atoms with E-state index >= 15 is 0 Å². The van der Waals surface area contributed by atoms with Gasteiger partial charge in [-0.25, -0.2) is 13.6 Å². The van der Waals surface area contributed by atoms with Crippen LogP contribution in [0, 0.1) is 0 Å². The standard InChI is InChI=1S/C16H14Cl2N2O4S/c1-24-14-7-6-11(25(19,22)23)9-13(14)20-15(21)8-5-10-3-2-4-12(17)16(10)18/h2-9H,1H3,(H,20,21)(H2,19,22,23)/b8-5+. The number of carbonyl (C=O) groups is 1. The summed E-state index contributed by atoms with van der Waals surface area (Å²) in [5.74, 6) is -0.226. The first-order valence-corrected chi connectivity index (χ1v) is 9.16. The normalized spacial score (nSPS) is 11.5. The van der Waals surface area contributed by atoms with Crippen LogP contribution in [-0.4, -0.2) is 21.4 Å². The average molecular weight is 401 g/mol. The zero-order chi connectivity index (χ0) is 18.6. The Bertz CT molecular complexity index is 943. The number of ether oxygens (including phenoxy) is 1. The molecule has 0 radical (unpaired) electrons. The predicted octanol–water partition coefficient (Wildman–Crippen LogP) is 3.30. The van der Waals surface area contributed by atoms with Crippen LogP contribution >= 0.6 is 23.2 Å². The van der Waals surface area contributed by atoms with Crippen molar-refractivity contribution in [3.8, 4) is 5.75 Å². The van der Waals surface area contributed by atoms with E-state index < -0.39 is 15.9 Å². The first kappa shape index (κ1) is 19.3. The summed E-state index contributed by atoms with van der Waals surface area (Å²) >= 11 is 11.9. The number of benzene rings is 2. The van der Waals surface area contributed by atoms with Crippen molar-refractivity contribution < 1.29 is 17.9 Å². The van der Waals surface area contributed by atoms with Gasteiger partial charge < -0.3 is 10.1 Å². The van der Waals surface area contributed by atoms with Crippen molar-refractivity contribution in [2.75, 3.05) is 12.4 Å². The lowest BCUT2D eigenvalue weighted by Crippen LogP contribution is -2.14. The van der Waals surface area contributed by atoms with Gasteiger partial charge in [-0.15, -0.1) is 0 Å². The number of amides is 1. The van der Waals surface area contributed by atoms with Gasteiger partial charge in [0.05, 0.1) is 27.7 Å². The van der Waals surface area contributed by atoms with Crippen LogP contribution in [0.15, 0.2) is 47.4 Å². The molecule has 6 nitrogen and oxygen atoms in total. The molecule has 0 aliphatic carbocycles. The van der Waals surface area contributed by atoms with E-state index in [0.29, 0.717) is 15.6 Å². The Labute approximate surface area is 155 Å². The van der Waals surface area contributed by atoms with E-state index in [4.69, 9.17) is 33.1 Å². The van der Waals surface area contributed by atoms with Gasteiger partial charge in [0.25, 0.3) is 0 Å². The molecule has 0 fully saturated rings. The fraction of sp³-hybridized carbons (Fsp3) is 0.0625. The topological polar surface area (TPSA) is 98.5 Å². The molecule has 1 amide bonds. The molecule has 0 saturated heterocycles. The van der Waals surface area contributed by atoms with E-state index in [2.05, 4.69) is 5.32 Å². The Morgan fingerprint density at radius 1 is 1.24 bits per heavy atom. The van der Waals surface area contributed by atoms with Crippen molar-refractivity contribution in [2.45, 2.75) is 4.90 Å². The van der Waals surface area contributed by atoms with Crippen LogP contribution in [0.5, 0.6) is 5.75 Å². The minimum absolute atomic E-state index is 0.148. The van der Waals surface area contributed by atoms with Gasteiger partial charge in [-0.2, -0.15) is 0 Å². The Kier molecular flexibility index (Phi) is 6.07. The molecule has 0 unspecified atom stereocenters. The van der Waals surface area contributed by atoms with Crippen LogP contribution in [0.1, 0.15) is 5.56 Å². The van der Waals surface area contributed by atoms with Crippen LogP contribution < -0.4 is 15.2 Å². The lowest BCUT2D eigenvalue weighted by Gasteiger charge is -2.10. The van der Waals surface area contributed by atoms with Crippen LogP contribution in [0.2, 0.25) is 10.0 Å². The molecule has 0 saturated carbocycles. The summed E-state index contributed by atoms with van der Waals surface area (Å²) in [4.78, 5) is 12.0. The Morgan fingerprint density at radius 2 is 1.96 bits per heavy atom. The Balaban J connectivity index is 2.25. The number of nitrogens with two attached hydrogens (primary N) is 1. The van der Waals surface area contributed by atoms with E-state index in [1.165, 1.54) is 37.5 Å². The molecule has 3 N–H and O–H groups in total. The summed E-state index contributed by atoms with van der Waals surface area (Å²) in [7, 11) is -2.52. The van der Waals surface area contributed by atoms with Gasteiger partial charge in [0, 0.05) is 6.08 Å². The lowest BCUT2D eigenvalue weighted by atomic mass is 10.2. The van der Waals surface area contributed by atoms with Gasteiger partial charge in [-0.1, -0.05) is 35.3 Å². The monoisotopic (exact) mass is 400 g/mol. The zero-order valence-electron chi connectivity index (χ0n) is 13.0. The molecule has 9 heteroatoms. The maximum absolute atomic E-state index is 12.1. The number of halogens is 2. The van der Waals surface area contributed by atoms with Gasteiger partial charge in [-0.05, 0) is 35.9 Å². The molecule has 0 spiro atoms. The van der Waals surface area contributed by atoms with Gasteiger partial charge >= 0.3 is 0 Å². The molecule has 2 aromatic rings. The Morgan fingerprint density at radius 3 is 2.60 bits per heavy atom. The van der Waals surface area contributed by atoms with Crippen LogP contribution in [0.25, 0.3) is 6.08 Å². The van der Waals surface area contributed by atoms with E-state index in [1.54, 1.807) is 18.2 Å². The minimum atomic E-state index is -3.91. The smallest absolute Gasteiger partial charge is 0.248 e. The van der Waals surface area contributed by atoms with Crippen molar-refractivity contribution in [1.29, 1.82) is 0 Å². The molecule has 0 heterocycles. The van der Waals surface area contributed by atoms with E-state index in [9.17, 15) is 13.2 Å². The third kappa shape index (κ3) is 4.96. The van der Waals surface area contributed by atoms with E-state index in [-0.39, 0.29) is 16.3 Å². The summed E-state index contributed by atoms with van der Waals surface area (Å²) in [5.41, 5.74) is 0.732. The summed E-state index contributed by atoms with van der Waals surface area (Å²) in [6.07, 6.45) is 2.72. The van der Waals surface area contributed by atoms with Gasteiger partial charge in [0.15, 0.2) is 0 Å². The number of sulfonamides is 1. The SMILES string of the molecule is COc1ccc(S(N)(=O)=O)cc1NC(=O)/C=C/c1cccc(Cl)c1Cl. The predicted molar refractivity (Wildman–Crippen MR) is 98.5 cm³/mol. The summed E-state index contributed by atoms with van der Waals surface area (Å²) in [6, 6.07) is 8.92. The summed E-state index contributed by atoms with van der Waals surface area (Å²) in [6.45, 7) is 0.